The minimum atomic E-state index is -0.131. The molecule has 0 aliphatic heterocycles. The number of hydrogen-bond acceptors (Lipinski definition) is 4. The Hall–Kier alpha value is -1.75. The highest BCUT2D eigenvalue weighted by Crippen LogP contribution is 2.23. The maximum Gasteiger partial charge on any atom is 0.214 e. The Balaban J connectivity index is 2.47. The Morgan fingerprint density at radius 3 is 2.59 bits per heavy atom. The van der Waals surface area contributed by atoms with Gasteiger partial charge in [-0.3, -0.25) is 14.7 Å². The van der Waals surface area contributed by atoms with Crippen LogP contribution in [0.3, 0.4) is 0 Å². The fourth-order valence-electron chi connectivity index (χ4n) is 1.62. The molecule has 0 unspecified atom stereocenters. The van der Waals surface area contributed by atoms with E-state index in [-0.39, 0.29) is 5.78 Å². The van der Waals surface area contributed by atoms with Crippen molar-refractivity contribution in [3.63, 3.8) is 0 Å². The first-order valence-electron chi connectivity index (χ1n) is 5.16. The quantitative estimate of drug-likeness (QED) is 0.670. The summed E-state index contributed by atoms with van der Waals surface area (Å²) in [4.78, 5) is 24.3. The fourth-order valence-corrected chi connectivity index (χ4v) is 2.46. The summed E-state index contributed by atoms with van der Waals surface area (Å²) in [6.07, 6.45) is 0.761. The van der Waals surface area contributed by atoms with Crippen LogP contribution in [-0.4, -0.2) is 22.3 Å². The van der Waals surface area contributed by atoms with E-state index in [1.54, 1.807) is 6.07 Å². The number of nitrogens with zero attached hydrogens (tertiary/aromatic N) is 1. The maximum atomic E-state index is 12.2. The minimum Gasteiger partial charge on any atom is -0.297 e. The molecule has 0 saturated carbocycles. The molecule has 0 aromatic carbocycles. The number of ketones is 1. The summed E-state index contributed by atoms with van der Waals surface area (Å²) in [5.41, 5.74) is 2.73. The summed E-state index contributed by atoms with van der Waals surface area (Å²) in [6, 6.07) is 1.62. The van der Waals surface area contributed by atoms with Crippen molar-refractivity contribution >= 4 is 23.4 Å². The number of carbonyl (C=O) groups is 2. The largest absolute Gasteiger partial charge is 0.297 e. The molecule has 2 aromatic heterocycles. The lowest BCUT2D eigenvalue weighted by molar-refractivity contribution is 0.103. The molecule has 5 heteroatoms. The van der Waals surface area contributed by atoms with Crippen LogP contribution >= 0.6 is 11.3 Å². The first-order valence-corrected chi connectivity index (χ1v) is 5.98. The maximum absolute atomic E-state index is 12.2. The second-order valence-corrected chi connectivity index (χ2v) is 5.18. The second-order valence-electron chi connectivity index (χ2n) is 3.89. The predicted octanol–water partition coefficient (Wildman–Crippen LogP) is 2.44. The number of hydrogen-bond donors (Lipinski definition) is 1. The standard InChI is InChI=1S/C12H12N2O2S/c1-6-7(2)13-14-11(6)12(16)10-4-9(5-15)17-8(10)3/h4-5H,1-3H3,(H,13,14). The molecule has 0 saturated heterocycles. The van der Waals surface area contributed by atoms with Crippen LogP contribution in [0.15, 0.2) is 6.07 Å². The number of H-pyrrole nitrogens is 1. The molecule has 2 rings (SSSR count). The lowest BCUT2D eigenvalue weighted by Gasteiger charge is -1.97. The van der Waals surface area contributed by atoms with E-state index in [2.05, 4.69) is 10.2 Å². The third-order valence-corrected chi connectivity index (χ3v) is 3.74. The van der Waals surface area contributed by atoms with Crippen molar-refractivity contribution < 1.29 is 9.59 Å². The van der Waals surface area contributed by atoms with Crippen molar-refractivity contribution in [1.82, 2.24) is 10.2 Å². The van der Waals surface area contributed by atoms with Crippen molar-refractivity contribution in [1.29, 1.82) is 0 Å². The van der Waals surface area contributed by atoms with Gasteiger partial charge in [0.25, 0.3) is 0 Å². The van der Waals surface area contributed by atoms with Crippen LogP contribution in [0.4, 0.5) is 0 Å². The summed E-state index contributed by atoms with van der Waals surface area (Å²) in [7, 11) is 0. The number of carbonyl (C=O) groups excluding carboxylic acids is 2. The smallest absolute Gasteiger partial charge is 0.214 e. The van der Waals surface area contributed by atoms with Crippen LogP contribution < -0.4 is 0 Å². The highest BCUT2D eigenvalue weighted by molar-refractivity contribution is 7.14. The third-order valence-electron chi connectivity index (χ3n) is 2.77. The molecular weight excluding hydrogens is 236 g/mol. The van der Waals surface area contributed by atoms with Crippen molar-refractivity contribution in [2.45, 2.75) is 20.8 Å². The zero-order valence-electron chi connectivity index (χ0n) is 9.83. The Morgan fingerprint density at radius 2 is 2.12 bits per heavy atom. The van der Waals surface area contributed by atoms with Crippen LogP contribution in [0.25, 0.3) is 0 Å². The van der Waals surface area contributed by atoms with E-state index in [1.165, 1.54) is 11.3 Å². The highest BCUT2D eigenvalue weighted by atomic mass is 32.1. The fraction of sp³-hybridized carbons (Fsp3) is 0.250. The van der Waals surface area contributed by atoms with Gasteiger partial charge in [-0.15, -0.1) is 11.3 Å². The van der Waals surface area contributed by atoms with E-state index in [9.17, 15) is 9.59 Å². The molecule has 2 aromatic rings. The van der Waals surface area contributed by atoms with Crippen molar-refractivity contribution in [2.24, 2.45) is 0 Å². The van der Waals surface area contributed by atoms with E-state index in [4.69, 9.17) is 0 Å². The minimum absolute atomic E-state index is 0.131. The lowest BCUT2D eigenvalue weighted by Crippen LogP contribution is -2.04. The number of aldehydes is 1. The van der Waals surface area contributed by atoms with Gasteiger partial charge in [0.05, 0.1) is 4.88 Å². The number of aromatic amines is 1. The van der Waals surface area contributed by atoms with E-state index in [0.29, 0.717) is 16.1 Å². The molecule has 0 aliphatic rings. The first kappa shape index (κ1) is 11.7. The summed E-state index contributed by atoms with van der Waals surface area (Å²) in [5, 5.41) is 6.80. The normalized spacial score (nSPS) is 10.5. The molecule has 1 N–H and O–H groups in total. The Labute approximate surface area is 103 Å². The van der Waals surface area contributed by atoms with Gasteiger partial charge in [-0.1, -0.05) is 0 Å². The monoisotopic (exact) mass is 248 g/mol. The average Bonchev–Trinajstić information content (AvgIpc) is 2.83. The van der Waals surface area contributed by atoms with Crippen LogP contribution in [0.2, 0.25) is 0 Å². The van der Waals surface area contributed by atoms with Gasteiger partial charge < -0.3 is 0 Å². The molecule has 0 radical (unpaired) electrons. The topological polar surface area (TPSA) is 62.8 Å². The first-order chi connectivity index (χ1) is 8.04. The number of thiophene rings is 1. The van der Waals surface area contributed by atoms with Gasteiger partial charge in [0.1, 0.15) is 5.69 Å². The molecule has 17 heavy (non-hydrogen) atoms. The lowest BCUT2D eigenvalue weighted by atomic mass is 10.1. The summed E-state index contributed by atoms with van der Waals surface area (Å²) >= 11 is 1.32. The van der Waals surface area contributed by atoms with Crippen molar-refractivity contribution in [3.8, 4) is 0 Å². The average molecular weight is 248 g/mol. The molecule has 0 atom stereocenters. The zero-order chi connectivity index (χ0) is 12.6. The molecule has 2 heterocycles. The van der Waals surface area contributed by atoms with E-state index in [1.807, 2.05) is 20.8 Å². The Morgan fingerprint density at radius 1 is 1.41 bits per heavy atom. The van der Waals surface area contributed by atoms with Crippen LogP contribution in [0.1, 0.15) is 41.9 Å². The van der Waals surface area contributed by atoms with Gasteiger partial charge in [-0.2, -0.15) is 5.10 Å². The molecule has 0 fully saturated rings. The Kier molecular flexibility index (Phi) is 2.93. The molecule has 0 spiro atoms. The molecule has 0 amide bonds. The third kappa shape index (κ3) is 1.93. The second kappa shape index (κ2) is 4.25. The van der Waals surface area contributed by atoms with E-state index >= 15 is 0 Å². The zero-order valence-corrected chi connectivity index (χ0v) is 10.6. The highest BCUT2D eigenvalue weighted by Gasteiger charge is 2.20. The molecular formula is C12H12N2O2S. The van der Waals surface area contributed by atoms with Gasteiger partial charge >= 0.3 is 0 Å². The van der Waals surface area contributed by atoms with Gasteiger partial charge in [-0.25, -0.2) is 0 Å². The van der Waals surface area contributed by atoms with Gasteiger partial charge in [0.2, 0.25) is 5.78 Å². The summed E-state index contributed by atoms with van der Waals surface area (Å²) in [6.45, 7) is 5.56. The summed E-state index contributed by atoms with van der Waals surface area (Å²) in [5.74, 6) is -0.131. The van der Waals surface area contributed by atoms with Crippen molar-refractivity contribution in [2.75, 3.05) is 0 Å². The predicted molar refractivity (Wildman–Crippen MR) is 65.9 cm³/mol. The molecule has 88 valence electrons. The molecule has 0 aliphatic carbocycles. The van der Waals surface area contributed by atoms with Gasteiger partial charge in [0, 0.05) is 21.7 Å². The number of nitrogens with one attached hydrogen (secondary N) is 1. The van der Waals surface area contributed by atoms with E-state index in [0.717, 1.165) is 22.4 Å². The number of aromatic nitrogens is 2. The Bertz CT molecular complexity index is 596. The van der Waals surface area contributed by atoms with Gasteiger partial charge in [-0.05, 0) is 26.8 Å². The van der Waals surface area contributed by atoms with Gasteiger partial charge in [0.15, 0.2) is 6.29 Å². The number of rotatable bonds is 3. The van der Waals surface area contributed by atoms with Crippen LogP contribution in [0, 0.1) is 20.8 Å². The SMILES string of the molecule is Cc1[nH]nc(C(=O)c2cc(C=O)sc2C)c1C. The van der Waals surface area contributed by atoms with Crippen LogP contribution in [-0.2, 0) is 0 Å². The summed E-state index contributed by atoms with van der Waals surface area (Å²) < 4.78 is 0. The van der Waals surface area contributed by atoms with Crippen molar-refractivity contribution in [3.05, 3.63) is 38.3 Å². The van der Waals surface area contributed by atoms with E-state index < -0.39 is 0 Å². The molecule has 4 nitrogen and oxygen atoms in total. The number of aryl methyl sites for hydroxylation is 2. The molecule has 0 bridgehead atoms. The van der Waals surface area contributed by atoms with Crippen LogP contribution in [0.5, 0.6) is 0 Å².